The fourth-order valence-electron chi connectivity index (χ4n) is 4.15. The predicted molar refractivity (Wildman–Crippen MR) is 138 cm³/mol. The van der Waals surface area contributed by atoms with Crippen LogP contribution in [0, 0.1) is 13.8 Å². The van der Waals surface area contributed by atoms with Crippen molar-refractivity contribution in [3.05, 3.63) is 70.7 Å². The molecule has 0 aliphatic carbocycles. The molecule has 0 saturated carbocycles. The van der Waals surface area contributed by atoms with E-state index in [0.717, 1.165) is 22.8 Å². The van der Waals surface area contributed by atoms with Crippen LogP contribution in [0.3, 0.4) is 0 Å². The second-order valence-electron chi connectivity index (χ2n) is 8.99. The Morgan fingerprint density at radius 3 is 2.31 bits per heavy atom. The maximum Gasteiger partial charge on any atom is 0.200 e. The molecule has 0 amide bonds. The van der Waals surface area contributed by atoms with Crippen LogP contribution in [0.5, 0.6) is 11.5 Å². The van der Waals surface area contributed by atoms with Crippen LogP contribution in [-0.2, 0) is 4.74 Å². The minimum absolute atomic E-state index is 0.204. The Hall–Kier alpha value is -3.17. The molecule has 0 bridgehead atoms. The molecule has 0 N–H and O–H groups in total. The smallest absolute Gasteiger partial charge is 0.200 e. The predicted octanol–water partition coefficient (Wildman–Crippen LogP) is 5.09. The summed E-state index contributed by atoms with van der Waals surface area (Å²) in [5.74, 6) is 2.35. The number of hydrogen-bond donors (Lipinski definition) is 0. The van der Waals surface area contributed by atoms with Crippen LogP contribution in [0.15, 0.2) is 59.6 Å². The summed E-state index contributed by atoms with van der Waals surface area (Å²) in [6.45, 7) is 4.48. The molecule has 8 nitrogen and oxygen atoms in total. The number of benzene rings is 2. The number of anilines is 1. The minimum Gasteiger partial charge on any atom is -0.491 e. The number of aromatic nitrogens is 4. The first kappa shape index (κ1) is 23.6. The molecule has 1 aliphatic rings. The van der Waals surface area contributed by atoms with Gasteiger partial charge >= 0.3 is 0 Å². The number of aryl methyl sites for hydroxylation is 2. The Kier molecular flexibility index (Phi) is 6.62. The Balaban J connectivity index is 1.42. The number of halogens is 1. The van der Waals surface area contributed by atoms with Crippen molar-refractivity contribution in [2.45, 2.75) is 38.7 Å². The molecule has 3 atom stereocenters. The van der Waals surface area contributed by atoms with Gasteiger partial charge in [-0.25, -0.2) is 15.0 Å². The molecule has 9 heteroatoms. The lowest BCUT2D eigenvalue weighted by molar-refractivity contribution is -0.0341. The second kappa shape index (κ2) is 9.83. The number of fused-ring (bicyclic) bond motifs is 1. The van der Waals surface area contributed by atoms with Crippen molar-refractivity contribution in [1.82, 2.24) is 19.5 Å². The van der Waals surface area contributed by atoms with Crippen LogP contribution in [0.4, 0.5) is 5.82 Å². The van der Waals surface area contributed by atoms with Gasteiger partial charge in [0.25, 0.3) is 0 Å². The van der Waals surface area contributed by atoms with Crippen molar-refractivity contribution in [3.8, 4) is 11.5 Å². The summed E-state index contributed by atoms with van der Waals surface area (Å²) in [6.07, 6.45) is 1.59. The van der Waals surface area contributed by atoms with E-state index >= 15 is 0 Å². The first-order chi connectivity index (χ1) is 16.9. The zero-order valence-corrected chi connectivity index (χ0v) is 21.8. The van der Waals surface area contributed by atoms with E-state index in [2.05, 4.69) is 44.7 Å². The molecule has 3 heterocycles. The van der Waals surface area contributed by atoms with Crippen LogP contribution in [0.25, 0.3) is 11.2 Å². The highest BCUT2D eigenvalue weighted by Gasteiger charge is 2.39. The van der Waals surface area contributed by atoms with Gasteiger partial charge in [0.15, 0.2) is 17.0 Å². The Morgan fingerprint density at radius 1 is 1.00 bits per heavy atom. The average Bonchev–Trinajstić information content (AvgIpc) is 3.43. The molecule has 4 aromatic rings. The van der Waals surface area contributed by atoms with Gasteiger partial charge in [0.1, 0.15) is 36.5 Å². The van der Waals surface area contributed by atoms with Gasteiger partial charge in [-0.3, -0.25) is 4.57 Å². The summed E-state index contributed by atoms with van der Waals surface area (Å²) in [5.41, 5.74) is 3.79. The lowest BCUT2D eigenvalue weighted by Gasteiger charge is -2.20. The molecule has 3 unspecified atom stereocenters. The van der Waals surface area contributed by atoms with E-state index in [9.17, 15) is 0 Å². The van der Waals surface area contributed by atoms with Crippen LogP contribution in [0.1, 0.15) is 23.8 Å². The maximum absolute atomic E-state index is 6.49. The maximum atomic E-state index is 6.49. The third-order valence-corrected chi connectivity index (χ3v) is 6.39. The van der Waals surface area contributed by atoms with Gasteiger partial charge in [-0.15, -0.1) is 0 Å². The van der Waals surface area contributed by atoms with Crippen LogP contribution in [0.2, 0.25) is 0 Å². The quantitative estimate of drug-likeness (QED) is 0.304. The van der Waals surface area contributed by atoms with Crippen molar-refractivity contribution in [2.24, 2.45) is 0 Å². The van der Waals surface area contributed by atoms with Crippen LogP contribution < -0.4 is 14.4 Å². The van der Waals surface area contributed by atoms with E-state index < -0.39 is 0 Å². The number of hydrogen-bond acceptors (Lipinski definition) is 7. The number of imidazole rings is 1. The first-order valence-electron chi connectivity index (χ1n) is 11.5. The topological polar surface area (TPSA) is 74.5 Å². The molecule has 35 heavy (non-hydrogen) atoms. The summed E-state index contributed by atoms with van der Waals surface area (Å²) in [4.78, 5) is 15.6. The summed E-state index contributed by atoms with van der Waals surface area (Å²) in [6, 6.07) is 16.1. The highest BCUT2D eigenvalue weighted by molar-refractivity contribution is 9.10. The Morgan fingerprint density at radius 2 is 1.66 bits per heavy atom. The van der Waals surface area contributed by atoms with Gasteiger partial charge in [-0.2, -0.15) is 0 Å². The molecule has 182 valence electrons. The zero-order chi connectivity index (χ0) is 24.5. The van der Waals surface area contributed by atoms with Crippen molar-refractivity contribution in [2.75, 3.05) is 25.6 Å². The van der Waals surface area contributed by atoms with Gasteiger partial charge in [-0.1, -0.05) is 35.4 Å². The summed E-state index contributed by atoms with van der Waals surface area (Å²) in [7, 11) is 3.87. The van der Waals surface area contributed by atoms with E-state index in [1.165, 1.54) is 11.1 Å². The van der Waals surface area contributed by atoms with Crippen LogP contribution in [-0.4, -0.2) is 52.4 Å². The van der Waals surface area contributed by atoms with Gasteiger partial charge in [0.2, 0.25) is 4.73 Å². The summed E-state index contributed by atoms with van der Waals surface area (Å²) < 4.78 is 21.4. The SMILES string of the molecule is Cc1ccc(OCC2OC(n3cnc4c(N(C)C)nc(Br)nc43)CC2Oc2ccc(C)cc2)cc1. The minimum atomic E-state index is -0.307. The molecule has 5 rings (SSSR count). The molecule has 1 saturated heterocycles. The van der Waals surface area contributed by atoms with Gasteiger partial charge in [-0.05, 0) is 54.0 Å². The number of rotatable bonds is 7. The molecule has 0 radical (unpaired) electrons. The first-order valence-corrected chi connectivity index (χ1v) is 12.3. The normalized spacial score (nSPS) is 19.7. The third-order valence-electron chi connectivity index (χ3n) is 6.03. The van der Waals surface area contributed by atoms with Crippen molar-refractivity contribution in [1.29, 1.82) is 0 Å². The Bertz CT molecular complexity index is 1310. The lowest BCUT2D eigenvalue weighted by atomic mass is 10.1. The largest absolute Gasteiger partial charge is 0.491 e. The highest BCUT2D eigenvalue weighted by Crippen LogP contribution is 2.35. The fraction of sp³-hybridized carbons (Fsp3) is 0.346. The summed E-state index contributed by atoms with van der Waals surface area (Å²) in [5, 5.41) is 0. The van der Waals surface area contributed by atoms with E-state index in [1.807, 2.05) is 72.1 Å². The standard InChI is InChI=1S/C26H28BrN5O3/c1-16-5-9-18(10-6-16)33-14-21-20(34-19-11-7-17(2)8-12-19)13-22(35-21)32-15-28-23-24(31(3)4)29-26(27)30-25(23)32/h5-12,15,20-22H,13-14H2,1-4H3. The molecule has 1 aliphatic heterocycles. The highest BCUT2D eigenvalue weighted by atomic mass is 79.9. The van der Waals surface area contributed by atoms with Crippen molar-refractivity contribution >= 4 is 32.9 Å². The molecule has 2 aromatic heterocycles. The van der Waals surface area contributed by atoms with E-state index in [4.69, 9.17) is 14.2 Å². The molecular formula is C26H28BrN5O3. The molecule has 0 spiro atoms. The Labute approximate surface area is 213 Å². The van der Waals surface area contributed by atoms with E-state index in [1.54, 1.807) is 6.33 Å². The van der Waals surface area contributed by atoms with Crippen LogP contribution >= 0.6 is 15.9 Å². The third kappa shape index (κ3) is 5.11. The average molecular weight is 538 g/mol. The van der Waals surface area contributed by atoms with Crippen molar-refractivity contribution < 1.29 is 14.2 Å². The second-order valence-corrected chi connectivity index (χ2v) is 9.70. The van der Waals surface area contributed by atoms with Crippen molar-refractivity contribution in [3.63, 3.8) is 0 Å². The fourth-order valence-corrected chi connectivity index (χ4v) is 4.48. The molecule has 2 aromatic carbocycles. The van der Waals surface area contributed by atoms with E-state index in [-0.39, 0.29) is 18.4 Å². The molecular weight excluding hydrogens is 510 g/mol. The summed E-state index contributed by atoms with van der Waals surface area (Å²) >= 11 is 3.43. The van der Waals surface area contributed by atoms with Gasteiger partial charge in [0, 0.05) is 20.5 Å². The number of nitrogens with zero attached hydrogens (tertiary/aromatic N) is 5. The molecule has 1 fully saturated rings. The van der Waals surface area contributed by atoms with Gasteiger partial charge < -0.3 is 19.1 Å². The number of ether oxygens (including phenoxy) is 3. The zero-order valence-electron chi connectivity index (χ0n) is 20.2. The monoisotopic (exact) mass is 537 g/mol. The van der Waals surface area contributed by atoms with E-state index in [0.29, 0.717) is 23.4 Å². The lowest BCUT2D eigenvalue weighted by Crippen LogP contribution is -2.32. The van der Waals surface area contributed by atoms with Gasteiger partial charge in [0.05, 0.1) is 6.33 Å².